The van der Waals surface area contributed by atoms with E-state index < -0.39 is 0 Å². The van der Waals surface area contributed by atoms with E-state index in [2.05, 4.69) is 22.3 Å². The van der Waals surface area contributed by atoms with Gasteiger partial charge in [-0.3, -0.25) is 9.59 Å². The molecular formula is C26H33N3O3. The monoisotopic (exact) mass is 435 g/mol. The van der Waals surface area contributed by atoms with Gasteiger partial charge in [0.25, 0.3) is 0 Å². The standard InChI is InChI=1S/C26H33N3O3/c1-4-32-24-12-7-18(2)15-23(24)19(3)27-26(31)20-16-25(30)29(17-20)22-10-8-21(9-11-22)28-13-5-6-14-28/h7-12,15,19-20H,4-6,13-14,16-17H2,1-3H3,(H,27,31). The summed E-state index contributed by atoms with van der Waals surface area (Å²) in [6.07, 6.45) is 2.70. The molecule has 2 saturated heterocycles. The minimum absolute atomic E-state index is 0.00251. The zero-order chi connectivity index (χ0) is 22.7. The molecule has 2 heterocycles. The van der Waals surface area contributed by atoms with Gasteiger partial charge in [-0.25, -0.2) is 0 Å². The van der Waals surface area contributed by atoms with Crippen LogP contribution in [0.2, 0.25) is 0 Å². The van der Waals surface area contributed by atoms with E-state index in [0.29, 0.717) is 13.2 Å². The van der Waals surface area contributed by atoms with E-state index in [4.69, 9.17) is 4.74 Å². The van der Waals surface area contributed by atoms with Crippen molar-refractivity contribution in [1.29, 1.82) is 0 Å². The molecule has 2 aliphatic rings. The third-order valence-electron chi connectivity index (χ3n) is 6.42. The molecule has 0 bridgehead atoms. The number of benzene rings is 2. The predicted octanol–water partition coefficient (Wildman–Crippen LogP) is 4.22. The number of nitrogens with zero attached hydrogens (tertiary/aromatic N) is 2. The average molecular weight is 436 g/mol. The lowest BCUT2D eigenvalue weighted by atomic mass is 10.0. The van der Waals surface area contributed by atoms with Crippen molar-refractivity contribution in [2.75, 3.05) is 36.0 Å². The van der Waals surface area contributed by atoms with Crippen LogP contribution in [-0.4, -0.2) is 38.1 Å². The van der Waals surface area contributed by atoms with Gasteiger partial charge in [-0.1, -0.05) is 17.7 Å². The van der Waals surface area contributed by atoms with Crippen LogP contribution in [-0.2, 0) is 9.59 Å². The van der Waals surface area contributed by atoms with Crippen molar-refractivity contribution in [2.24, 2.45) is 5.92 Å². The van der Waals surface area contributed by atoms with Crippen LogP contribution in [0.3, 0.4) is 0 Å². The van der Waals surface area contributed by atoms with Crippen molar-refractivity contribution in [3.63, 3.8) is 0 Å². The Morgan fingerprint density at radius 2 is 1.81 bits per heavy atom. The first-order chi connectivity index (χ1) is 15.5. The fraction of sp³-hybridized carbons (Fsp3) is 0.462. The van der Waals surface area contributed by atoms with Crippen molar-refractivity contribution in [1.82, 2.24) is 5.32 Å². The van der Waals surface area contributed by atoms with Crippen molar-refractivity contribution in [3.05, 3.63) is 53.6 Å². The number of hydrogen-bond donors (Lipinski definition) is 1. The topological polar surface area (TPSA) is 61.9 Å². The fourth-order valence-corrected chi connectivity index (χ4v) is 4.65. The van der Waals surface area contributed by atoms with Crippen LogP contribution in [0.4, 0.5) is 11.4 Å². The zero-order valence-electron chi connectivity index (χ0n) is 19.3. The molecule has 4 rings (SSSR count). The summed E-state index contributed by atoms with van der Waals surface area (Å²) in [6, 6.07) is 13.9. The van der Waals surface area contributed by atoms with Crippen LogP contribution in [0, 0.1) is 12.8 Å². The van der Waals surface area contributed by atoms with E-state index in [-0.39, 0.29) is 30.2 Å². The number of hydrogen-bond acceptors (Lipinski definition) is 4. The molecule has 170 valence electrons. The second kappa shape index (κ2) is 9.63. The minimum atomic E-state index is -0.358. The van der Waals surface area contributed by atoms with Crippen LogP contribution < -0.4 is 19.9 Å². The summed E-state index contributed by atoms with van der Waals surface area (Å²) in [5, 5.41) is 3.10. The molecule has 1 N–H and O–H groups in total. The van der Waals surface area contributed by atoms with Gasteiger partial charge in [0.05, 0.1) is 18.6 Å². The van der Waals surface area contributed by atoms with Gasteiger partial charge in [0.1, 0.15) is 5.75 Å². The van der Waals surface area contributed by atoms with E-state index >= 15 is 0 Å². The Labute approximate surface area is 190 Å². The van der Waals surface area contributed by atoms with Gasteiger partial charge in [0, 0.05) is 43.0 Å². The first-order valence-electron chi connectivity index (χ1n) is 11.7. The second-order valence-electron chi connectivity index (χ2n) is 8.82. The number of nitrogens with one attached hydrogen (secondary N) is 1. The molecule has 2 aliphatic heterocycles. The molecule has 2 amide bonds. The minimum Gasteiger partial charge on any atom is -0.494 e. The maximum atomic E-state index is 13.0. The molecule has 2 atom stereocenters. The Morgan fingerprint density at radius 3 is 2.50 bits per heavy atom. The highest BCUT2D eigenvalue weighted by Gasteiger charge is 2.35. The third-order valence-corrected chi connectivity index (χ3v) is 6.42. The van der Waals surface area contributed by atoms with Crippen molar-refractivity contribution < 1.29 is 14.3 Å². The number of amides is 2. The van der Waals surface area contributed by atoms with Gasteiger partial charge < -0.3 is 19.9 Å². The first kappa shape index (κ1) is 22.2. The highest BCUT2D eigenvalue weighted by Crippen LogP contribution is 2.30. The SMILES string of the molecule is CCOc1ccc(C)cc1C(C)NC(=O)C1CC(=O)N(c2ccc(N3CCCC3)cc2)C1. The molecule has 0 aliphatic carbocycles. The summed E-state index contributed by atoms with van der Waals surface area (Å²) in [5.41, 5.74) is 4.13. The number of anilines is 2. The van der Waals surface area contributed by atoms with E-state index in [9.17, 15) is 9.59 Å². The van der Waals surface area contributed by atoms with Gasteiger partial charge in [-0.2, -0.15) is 0 Å². The molecule has 2 aromatic carbocycles. The Kier molecular flexibility index (Phi) is 6.68. The molecular weight excluding hydrogens is 402 g/mol. The van der Waals surface area contributed by atoms with E-state index in [1.165, 1.54) is 18.5 Å². The lowest BCUT2D eigenvalue weighted by Crippen LogP contribution is -2.34. The summed E-state index contributed by atoms with van der Waals surface area (Å²) >= 11 is 0. The average Bonchev–Trinajstić information content (AvgIpc) is 3.45. The maximum absolute atomic E-state index is 13.0. The molecule has 32 heavy (non-hydrogen) atoms. The molecule has 2 unspecified atom stereocenters. The molecule has 6 heteroatoms. The second-order valence-corrected chi connectivity index (χ2v) is 8.82. The summed E-state index contributed by atoms with van der Waals surface area (Å²) in [7, 11) is 0. The normalized spacial score (nSPS) is 19.3. The Balaban J connectivity index is 1.40. The van der Waals surface area contributed by atoms with Crippen molar-refractivity contribution >= 4 is 23.2 Å². The third kappa shape index (κ3) is 4.74. The van der Waals surface area contributed by atoms with Crippen molar-refractivity contribution in [2.45, 2.75) is 46.1 Å². The molecule has 0 radical (unpaired) electrons. The van der Waals surface area contributed by atoms with Crippen LogP contribution in [0.25, 0.3) is 0 Å². The summed E-state index contributed by atoms with van der Waals surface area (Å²) in [5.74, 6) is 0.333. The molecule has 0 spiro atoms. The first-order valence-corrected chi connectivity index (χ1v) is 11.7. The van der Waals surface area contributed by atoms with Gasteiger partial charge in [0.15, 0.2) is 0 Å². The molecule has 0 aromatic heterocycles. The van der Waals surface area contributed by atoms with E-state index in [1.807, 2.05) is 51.1 Å². The van der Waals surface area contributed by atoms with Crippen LogP contribution in [0.5, 0.6) is 5.75 Å². The van der Waals surface area contributed by atoms with Crippen LogP contribution in [0.1, 0.15) is 50.3 Å². The lowest BCUT2D eigenvalue weighted by Gasteiger charge is -2.22. The molecule has 2 fully saturated rings. The number of carbonyl (C=O) groups excluding carboxylic acids is 2. The quantitative estimate of drug-likeness (QED) is 0.707. The lowest BCUT2D eigenvalue weighted by molar-refractivity contribution is -0.126. The van der Waals surface area contributed by atoms with E-state index in [1.54, 1.807) is 4.90 Å². The number of carbonyl (C=O) groups is 2. The Bertz CT molecular complexity index is 967. The van der Waals surface area contributed by atoms with Crippen LogP contribution in [0.15, 0.2) is 42.5 Å². The highest BCUT2D eigenvalue weighted by molar-refractivity contribution is 6.00. The van der Waals surface area contributed by atoms with Crippen molar-refractivity contribution in [3.8, 4) is 5.75 Å². The predicted molar refractivity (Wildman–Crippen MR) is 127 cm³/mol. The van der Waals surface area contributed by atoms with Crippen LogP contribution >= 0.6 is 0 Å². The van der Waals surface area contributed by atoms with Gasteiger partial charge >= 0.3 is 0 Å². The molecule has 6 nitrogen and oxygen atoms in total. The summed E-state index contributed by atoms with van der Waals surface area (Å²) in [6.45, 7) is 9.09. The zero-order valence-corrected chi connectivity index (χ0v) is 19.3. The summed E-state index contributed by atoms with van der Waals surface area (Å²) in [4.78, 5) is 29.8. The molecule has 2 aromatic rings. The van der Waals surface area contributed by atoms with Gasteiger partial charge in [-0.15, -0.1) is 0 Å². The summed E-state index contributed by atoms with van der Waals surface area (Å²) < 4.78 is 5.74. The number of ether oxygens (including phenoxy) is 1. The molecule has 0 saturated carbocycles. The van der Waals surface area contributed by atoms with E-state index in [0.717, 1.165) is 35.7 Å². The maximum Gasteiger partial charge on any atom is 0.227 e. The fourth-order valence-electron chi connectivity index (χ4n) is 4.65. The Morgan fingerprint density at radius 1 is 1.12 bits per heavy atom. The van der Waals surface area contributed by atoms with Gasteiger partial charge in [-0.05, 0) is 63.9 Å². The smallest absolute Gasteiger partial charge is 0.227 e. The largest absolute Gasteiger partial charge is 0.494 e. The number of rotatable bonds is 7. The van der Waals surface area contributed by atoms with Gasteiger partial charge in [0.2, 0.25) is 11.8 Å². The number of aryl methyl sites for hydroxylation is 1. The highest BCUT2D eigenvalue weighted by atomic mass is 16.5. The Hall–Kier alpha value is -3.02.